The number of benzene rings is 1. The number of ether oxygens (including phenoxy) is 2. The van der Waals surface area contributed by atoms with Gasteiger partial charge in [-0.15, -0.1) is 0 Å². The van der Waals surface area contributed by atoms with Crippen molar-refractivity contribution < 1.29 is 14.3 Å². The van der Waals surface area contributed by atoms with Crippen LogP contribution in [0.25, 0.3) is 0 Å². The van der Waals surface area contributed by atoms with E-state index in [4.69, 9.17) is 15.2 Å². The second-order valence-corrected chi connectivity index (χ2v) is 5.20. The second-order valence-electron chi connectivity index (χ2n) is 5.20. The highest BCUT2D eigenvalue weighted by atomic mass is 16.5. The molecular formula is C15H17NO3. The van der Waals surface area contributed by atoms with Crippen molar-refractivity contribution in [1.82, 2.24) is 0 Å². The van der Waals surface area contributed by atoms with Crippen LogP contribution in [0.15, 0.2) is 35.9 Å². The Morgan fingerprint density at radius 2 is 2.16 bits per heavy atom. The van der Waals surface area contributed by atoms with E-state index in [1.807, 2.05) is 6.07 Å². The molecule has 1 aromatic carbocycles. The Morgan fingerprint density at radius 3 is 2.74 bits per heavy atom. The van der Waals surface area contributed by atoms with Gasteiger partial charge >= 0.3 is 5.97 Å². The number of carbonyl (C=O) groups excluding carboxylic acids is 1. The maximum Gasteiger partial charge on any atom is 0.341 e. The Bertz CT molecular complexity index is 566. The molecule has 0 heterocycles. The number of hydrogen-bond donors (Lipinski definition) is 1. The predicted octanol–water partition coefficient (Wildman–Crippen LogP) is 1.76. The molecule has 2 unspecified atom stereocenters. The van der Waals surface area contributed by atoms with E-state index < -0.39 is 0 Å². The van der Waals surface area contributed by atoms with Crippen molar-refractivity contribution in [1.29, 1.82) is 0 Å². The minimum Gasteiger partial charge on any atom is -0.492 e. The molecule has 0 bridgehead atoms. The third-order valence-corrected chi connectivity index (χ3v) is 4.25. The predicted molar refractivity (Wildman–Crippen MR) is 70.9 cm³/mol. The van der Waals surface area contributed by atoms with Crippen molar-refractivity contribution in [2.24, 2.45) is 17.6 Å². The Hall–Kier alpha value is -1.81. The normalized spacial score (nSPS) is 30.8. The average Bonchev–Trinajstić information content (AvgIpc) is 2.93. The van der Waals surface area contributed by atoms with Crippen molar-refractivity contribution in [2.75, 3.05) is 13.7 Å². The number of fused-ring (bicyclic) bond motifs is 1. The van der Waals surface area contributed by atoms with Crippen LogP contribution in [-0.4, -0.2) is 25.2 Å². The van der Waals surface area contributed by atoms with Gasteiger partial charge in [0, 0.05) is 5.92 Å². The molecule has 3 rings (SSSR count). The van der Waals surface area contributed by atoms with Crippen molar-refractivity contribution in [2.45, 2.75) is 12.5 Å². The highest BCUT2D eigenvalue weighted by molar-refractivity contribution is 5.92. The maximum absolute atomic E-state index is 11.6. The van der Waals surface area contributed by atoms with Gasteiger partial charge in [-0.25, -0.2) is 4.79 Å². The Morgan fingerprint density at radius 1 is 1.42 bits per heavy atom. The van der Waals surface area contributed by atoms with Crippen LogP contribution in [0.4, 0.5) is 0 Å². The molecular weight excluding hydrogens is 242 g/mol. The number of para-hydroxylation sites is 1. The van der Waals surface area contributed by atoms with E-state index in [9.17, 15) is 4.79 Å². The molecule has 4 heteroatoms. The van der Waals surface area contributed by atoms with Crippen molar-refractivity contribution in [3.05, 3.63) is 41.5 Å². The first kappa shape index (κ1) is 12.2. The summed E-state index contributed by atoms with van der Waals surface area (Å²) in [5.41, 5.74) is 7.82. The van der Waals surface area contributed by atoms with Crippen LogP contribution in [0.2, 0.25) is 0 Å². The van der Waals surface area contributed by atoms with E-state index in [0.717, 1.165) is 0 Å². The molecule has 0 aromatic heterocycles. The van der Waals surface area contributed by atoms with Gasteiger partial charge in [0.15, 0.2) is 0 Å². The summed E-state index contributed by atoms with van der Waals surface area (Å²) in [4.78, 5) is 11.6. The number of methoxy groups -OCH3 is 1. The average molecular weight is 259 g/mol. The fourth-order valence-electron chi connectivity index (χ4n) is 2.88. The molecule has 4 nitrogen and oxygen atoms in total. The van der Waals surface area contributed by atoms with E-state index in [1.54, 1.807) is 18.2 Å². The number of hydrogen-bond acceptors (Lipinski definition) is 4. The van der Waals surface area contributed by atoms with Gasteiger partial charge in [-0.05, 0) is 23.6 Å². The summed E-state index contributed by atoms with van der Waals surface area (Å²) in [5, 5.41) is 0. The highest BCUT2D eigenvalue weighted by Gasteiger charge is 2.65. The third-order valence-electron chi connectivity index (χ3n) is 4.25. The molecule has 1 aromatic rings. The molecule has 0 spiro atoms. The quantitative estimate of drug-likeness (QED) is 0.661. The lowest BCUT2D eigenvalue weighted by Crippen LogP contribution is -2.37. The summed E-state index contributed by atoms with van der Waals surface area (Å²) < 4.78 is 10.5. The Labute approximate surface area is 112 Å². The monoisotopic (exact) mass is 259 g/mol. The van der Waals surface area contributed by atoms with E-state index in [-0.39, 0.29) is 17.4 Å². The molecule has 19 heavy (non-hydrogen) atoms. The fraction of sp³-hybridized carbons (Fsp3) is 0.400. The minimum atomic E-state index is -0.385. The second kappa shape index (κ2) is 4.10. The van der Waals surface area contributed by atoms with Crippen LogP contribution in [0.3, 0.4) is 0 Å². The van der Waals surface area contributed by atoms with E-state index >= 15 is 0 Å². The first-order chi connectivity index (χ1) is 9.09. The molecule has 0 aliphatic heterocycles. The van der Waals surface area contributed by atoms with Crippen LogP contribution >= 0.6 is 0 Å². The molecule has 3 atom stereocenters. The first-order valence-electron chi connectivity index (χ1n) is 6.40. The minimum absolute atomic E-state index is 0.153. The largest absolute Gasteiger partial charge is 0.492 e. The van der Waals surface area contributed by atoms with Crippen molar-refractivity contribution in [3.8, 4) is 5.75 Å². The lowest BCUT2D eigenvalue weighted by atomic mass is 9.90. The van der Waals surface area contributed by atoms with Crippen LogP contribution in [0.5, 0.6) is 5.75 Å². The van der Waals surface area contributed by atoms with Gasteiger partial charge < -0.3 is 15.2 Å². The summed E-state index contributed by atoms with van der Waals surface area (Å²) in [7, 11) is 1.36. The first-order valence-corrected chi connectivity index (χ1v) is 6.40. The molecule has 100 valence electrons. The molecule has 2 aliphatic carbocycles. The van der Waals surface area contributed by atoms with Gasteiger partial charge in [0.2, 0.25) is 0 Å². The van der Waals surface area contributed by atoms with Crippen molar-refractivity contribution >= 4 is 5.97 Å². The Balaban J connectivity index is 1.69. The third kappa shape index (κ3) is 1.67. The fourth-order valence-corrected chi connectivity index (χ4v) is 2.88. The number of carbonyl (C=O) groups is 1. The Kier molecular flexibility index (Phi) is 2.64. The van der Waals surface area contributed by atoms with Gasteiger partial charge in [0.05, 0.1) is 19.3 Å². The highest BCUT2D eigenvalue weighted by Crippen LogP contribution is 2.61. The standard InChI is InChI=1S/C15H17NO3/c1-9-7-11-12(15(9,11)16)8-19-13-6-4-3-5-10(13)14(17)18-2/h3-7,9,12H,8,16H2,1-2H3/t9?,12?,15-/m1/s1. The van der Waals surface area contributed by atoms with E-state index in [1.165, 1.54) is 12.7 Å². The van der Waals surface area contributed by atoms with E-state index in [0.29, 0.717) is 23.8 Å². The maximum atomic E-state index is 11.6. The molecule has 0 saturated heterocycles. The summed E-state index contributed by atoms with van der Waals surface area (Å²) in [5.74, 6) is 0.877. The zero-order valence-corrected chi connectivity index (χ0v) is 11.1. The van der Waals surface area contributed by atoms with Gasteiger partial charge in [0.1, 0.15) is 11.3 Å². The summed E-state index contributed by atoms with van der Waals surface area (Å²) in [6.45, 7) is 2.63. The van der Waals surface area contributed by atoms with Gasteiger partial charge in [0.25, 0.3) is 0 Å². The van der Waals surface area contributed by atoms with Crippen LogP contribution < -0.4 is 10.5 Å². The lowest BCUT2D eigenvalue weighted by molar-refractivity contribution is 0.0595. The zero-order chi connectivity index (χ0) is 13.6. The van der Waals surface area contributed by atoms with Crippen LogP contribution in [0.1, 0.15) is 17.3 Å². The van der Waals surface area contributed by atoms with Gasteiger partial charge in [-0.3, -0.25) is 0 Å². The zero-order valence-electron chi connectivity index (χ0n) is 11.1. The molecule has 1 saturated carbocycles. The van der Waals surface area contributed by atoms with Crippen LogP contribution in [0, 0.1) is 11.8 Å². The molecule has 2 aliphatic rings. The summed E-state index contributed by atoms with van der Waals surface area (Å²) in [6, 6.07) is 7.10. The van der Waals surface area contributed by atoms with Gasteiger partial charge in [-0.1, -0.05) is 25.1 Å². The van der Waals surface area contributed by atoms with E-state index in [2.05, 4.69) is 13.0 Å². The summed E-state index contributed by atoms with van der Waals surface area (Å²) in [6.07, 6.45) is 2.19. The van der Waals surface area contributed by atoms with Crippen molar-refractivity contribution in [3.63, 3.8) is 0 Å². The molecule has 1 fully saturated rings. The SMILES string of the molecule is COC(=O)c1ccccc1OCC1C2=CC(C)[C@@]21N. The smallest absolute Gasteiger partial charge is 0.341 e. The molecule has 0 radical (unpaired) electrons. The summed E-state index contributed by atoms with van der Waals surface area (Å²) >= 11 is 0. The number of nitrogens with two attached hydrogens (primary N) is 1. The molecule has 2 N–H and O–H groups in total. The topological polar surface area (TPSA) is 61.5 Å². The van der Waals surface area contributed by atoms with Crippen LogP contribution in [-0.2, 0) is 4.74 Å². The molecule has 0 amide bonds. The number of rotatable bonds is 4. The lowest BCUT2D eigenvalue weighted by Gasteiger charge is -2.21. The van der Waals surface area contributed by atoms with Gasteiger partial charge in [-0.2, -0.15) is 0 Å². The number of esters is 1.